The summed E-state index contributed by atoms with van der Waals surface area (Å²) < 4.78 is 0. The van der Waals surface area contributed by atoms with Crippen LogP contribution in [0.5, 0.6) is 0 Å². The molecule has 0 atom stereocenters. The zero-order valence-corrected chi connectivity index (χ0v) is 8.06. The van der Waals surface area contributed by atoms with Gasteiger partial charge in [0.1, 0.15) is 0 Å². The second-order valence-electron chi connectivity index (χ2n) is 1.49. The van der Waals surface area contributed by atoms with Crippen molar-refractivity contribution >= 4 is 0 Å². The van der Waals surface area contributed by atoms with E-state index in [2.05, 4.69) is 5.92 Å². The minimum absolute atomic E-state index is 0. The van der Waals surface area contributed by atoms with Gasteiger partial charge in [-0.25, -0.2) is 0 Å². The van der Waals surface area contributed by atoms with Gasteiger partial charge in [-0.15, -0.1) is 17.7 Å². The van der Waals surface area contributed by atoms with Crippen LogP contribution in [0.4, 0.5) is 0 Å². The average Bonchev–Trinajstić information content (AvgIpc) is 1.90. The van der Waals surface area contributed by atoms with Crippen molar-refractivity contribution in [2.75, 3.05) is 0 Å². The van der Waals surface area contributed by atoms with Gasteiger partial charge in [-0.2, -0.15) is 0 Å². The number of hydrogen-bond acceptors (Lipinski definition) is 0. The fourth-order valence-electron chi connectivity index (χ4n) is 0.521. The van der Waals surface area contributed by atoms with Crippen molar-refractivity contribution in [2.24, 2.45) is 0 Å². The van der Waals surface area contributed by atoms with Crippen LogP contribution >= 0.6 is 0 Å². The summed E-state index contributed by atoms with van der Waals surface area (Å²) >= 11 is 0. The zero-order valence-electron chi connectivity index (χ0n) is 5.09. The Labute approximate surface area is 68.0 Å². The van der Waals surface area contributed by atoms with Crippen molar-refractivity contribution in [1.29, 1.82) is 0 Å². The van der Waals surface area contributed by atoms with Gasteiger partial charge in [0.25, 0.3) is 0 Å². The molecule has 0 saturated carbocycles. The minimum atomic E-state index is 0. The van der Waals surface area contributed by atoms with Crippen molar-refractivity contribution in [3.05, 3.63) is 42.3 Å². The molecule has 0 aromatic heterocycles. The maximum absolute atomic E-state index is 6.69. The first kappa shape index (κ1) is 8.40. The zero-order chi connectivity index (χ0) is 5.82. The molecule has 0 radical (unpaired) electrons. The molecule has 0 N–H and O–H groups in total. The number of hydrogen-bond donors (Lipinski definition) is 0. The summed E-state index contributed by atoms with van der Waals surface area (Å²) in [5.74, 6) is 2.28. The standard InChI is InChI=1S/C8H5.Zn/c1-2-8-6-4-3-5-7-8;/h3-7H;/q-1;+2. The molecule has 1 aromatic carbocycles. The first-order valence-electron chi connectivity index (χ1n) is 2.41. The van der Waals surface area contributed by atoms with Gasteiger partial charge in [0, 0.05) is 0 Å². The molecule has 0 aliphatic carbocycles. The molecule has 0 spiro atoms. The van der Waals surface area contributed by atoms with Crippen LogP contribution in [0.3, 0.4) is 0 Å². The molecule has 0 bridgehead atoms. The van der Waals surface area contributed by atoms with Crippen LogP contribution in [0.2, 0.25) is 0 Å². The molecule has 0 unspecified atom stereocenters. The quantitative estimate of drug-likeness (QED) is 0.312. The van der Waals surface area contributed by atoms with E-state index >= 15 is 0 Å². The van der Waals surface area contributed by atoms with Gasteiger partial charge in [-0.05, 0) is 0 Å². The fraction of sp³-hybridized carbons (Fsp3) is 0. The summed E-state index contributed by atoms with van der Waals surface area (Å²) in [5.41, 5.74) is 0.826. The van der Waals surface area contributed by atoms with E-state index in [4.69, 9.17) is 6.42 Å². The smallest absolute Gasteiger partial charge is 0.366 e. The number of benzene rings is 1. The molecule has 38 valence electrons. The molecule has 1 aromatic rings. The summed E-state index contributed by atoms with van der Waals surface area (Å²) in [7, 11) is 0. The minimum Gasteiger partial charge on any atom is -0.366 e. The van der Waals surface area contributed by atoms with E-state index in [-0.39, 0.29) is 19.5 Å². The van der Waals surface area contributed by atoms with Crippen molar-refractivity contribution < 1.29 is 19.5 Å². The predicted octanol–water partition coefficient (Wildman–Crippen LogP) is 1.62. The molecule has 9 heavy (non-hydrogen) atoms. The van der Waals surface area contributed by atoms with Crippen LogP contribution in [0.15, 0.2) is 30.3 Å². The summed E-state index contributed by atoms with van der Waals surface area (Å²) in [4.78, 5) is 0. The van der Waals surface area contributed by atoms with Crippen LogP contribution in [0.1, 0.15) is 5.56 Å². The topological polar surface area (TPSA) is 0 Å². The summed E-state index contributed by atoms with van der Waals surface area (Å²) in [6.45, 7) is 0. The Morgan fingerprint density at radius 2 is 1.67 bits per heavy atom. The molecule has 1 rings (SSSR count). The van der Waals surface area contributed by atoms with Crippen LogP contribution in [0.25, 0.3) is 0 Å². The second-order valence-corrected chi connectivity index (χ2v) is 1.49. The number of rotatable bonds is 0. The molecule has 0 aliphatic rings. The first-order valence-corrected chi connectivity index (χ1v) is 2.41. The molecule has 1 heteroatoms. The Kier molecular flexibility index (Phi) is 4.01. The molecule has 0 aliphatic heterocycles. The molecule has 0 fully saturated rings. The van der Waals surface area contributed by atoms with Gasteiger partial charge in [0.2, 0.25) is 0 Å². The van der Waals surface area contributed by atoms with Gasteiger partial charge < -0.3 is 6.42 Å². The van der Waals surface area contributed by atoms with E-state index in [1.165, 1.54) is 0 Å². The Bertz CT molecular complexity index is 196. The van der Waals surface area contributed by atoms with E-state index in [1.807, 2.05) is 30.3 Å². The van der Waals surface area contributed by atoms with E-state index in [9.17, 15) is 0 Å². The Morgan fingerprint density at radius 3 is 2.00 bits per heavy atom. The van der Waals surface area contributed by atoms with Gasteiger partial charge in [-0.1, -0.05) is 18.2 Å². The maximum Gasteiger partial charge on any atom is 2.00 e. The second kappa shape index (κ2) is 4.30. The summed E-state index contributed by atoms with van der Waals surface area (Å²) in [5, 5.41) is 0. The van der Waals surface area contributed by atoms with E-state index in [1.54, 1.807) is 0 Å². The molecular weight excluding hydrogens is 161 g/mol. The third kappa shape index (κ3) is 2.44. The Balaban J connectivity index is 0.000000640. The van der Waals surface area contributed by atoms with E-state index in [0.29, 0.717) is 0 Å². The predicted molar refractivity (Wildman–Crippen MR) is 32.7 cm³/mol. The molecule has 0 nitrogen and oxygen atoms in total. The normalized spacial score (nSPS) is 7.00. The monoisotopic (exact) mass is 165 g/mol. The maximum atomic E-state index is 6.69. The van der Waals surface area contributed by atoms with Crippen LogP contribution < -0.4 is 0 Å². The SMILES string of the molecule is [C-]#Cc1ccccc1.[Zn+2]. The first-order chi connectivity index (χ1) is 3.93. The van der Waals surface area contributed by atoms with Crippen LogP contribution in [-0.2, 0) is 19.5 Å². The summed E-state index contributed by atoms with van der Waals surface area (Å²) in [6, 6.07) is 9.37. The molecule has 0 heterocycles. The van der Waals surface area contributed by atoms with Crippen molar-refractivity contribution in [3.8, 4) is 5.92 Å². The third-order valence-corrected chi connectivity index (χ3v) is 0.918. The van der Waals surface area contributed by atoms with Crippen LogP contribution in [-0.4, -0.2) is 0 Å². The van der Waals surface area contributed by atoms with Crippen molar-refractivity contribution in [2.45, 2.75) is 0 Å². The van der Waals surface area contributed by atoms with Gasteiger partial charge in [-0.3, -0.25) is 5.92 Å². The van der Waals surface area contributed by atoms with E-state index < -0.39 is 0 Å². The molecule has 0 saturated heterocycles. The van der Waals surface area contributed by atoms with Crippen LogP contribution in [0, 0.1) is 12.3 Å². The van der Waals surface area contributed by atoms with Crippen molar-refractivity contribution in [1.82, 2.24) is 0 Å². The largest absolute Gasteiger partial charge is 2.00 e. The third-order valence-electron chi connectivity index (χ3n) is 0.918. The Morgan fingerprint density at radius 1 is 1.11 bits per heavy atom. The fourth-order valence-corrected chi connectivity index (χ4v) is 0.521. The van der Waals surface area contributed by atoms with Crippen molar-refractivity contribution in [3.63, 3.8) is 0 Å². The molecular formula is C8H5Zn+. The van der Waals surface area contributed by atoms with Gasteiger partial charge >= 0.3 is 19.5 Å². The van der Waals surface area contributed by atoms with Gasteiger partial charge in [0.15, 0.2) is 0 Å². The van der Waals surface area contributed by atoms with E-state index in [0.717, 1.165) is 5.56 Å². The Hall–Kier alpha value is -0.597. The molecule has 0 amide bonds. The average molecular weight is 167 g/mol. The summed E-state index contributed by atoms with van der Waals surface area (Å²) in [6.07, 6.45) is 6.69. The van der Waals surface area contributed by atoms with Gasteiger partial charge in [0.05, 0.1) is 0 Å².